The molecule has 1 heterocycles. The van der Waals surface area contributed by atoms with Crippen molar-refractivity contribution in [3.05, 3.63) is 29.2 Å². The summed E-state index contributed by atoms with van der Waals surface area (Å²) in [5.41, 5.74) is -0.339. The number of carboxylic acid groups (broad SMARTS) is 1. The Kier molecular flexibility index (Phi) is 2.50. The van der Waals surface area contributed by atoms with Crippen molar-refractivity contribution >= 4 is 12.0 Å². The lowest BCUT2D eigenvalue weighted by Crippen LogP contribution is -1.96. The van der Waals surface area contributed by atoms with Gasteiger partial charge in [0.25, 0.3) is 0 Å². The fraction of sp³-hybridized carbons (Fsp3) is 0.111. The highest BCUT2D eigenvalue weighted by Crippen LogP contribution is 2.10. The second-order valence-electron chi connectivity index (χ2n) is 2.42. The predicted octanol–water partition coefficient (Wildman–Crippen LogP) is 1.58. The SMILES string of the molecule is Cc1ccc(/C=C(\C#N)C(=O)O)o1. The highest BCUT2D eigenvalue weighted by molar-refractivity contribution is 5.96. The summed E-state index contributed by atoms with van der Waals surface area (Å²) >= 11 is 0. The number of hydrogen-bond donors (Lipinski definition) is 1. The molecule has 0 bridgehead atoms. The minimum absolute atomic E-state index is 0.339. The Morgan fingerprint density at radius 1 is 1.69 bits per heavy atom. The number of nitrogens with zero attached hydrogens (tertiary/aromatic N) is 1. The van der Waals surface area contributed by atoms with Gasteiger partial charge in [-0.1, -0.05) is 0 Å². The molecule has 0 aliphatic carbocycles. The van der Waals surface area contributed by atoms with Gasteiger partial charge in [-0.05, 0) is 19.1 Å². The van der Waals surface area contributed by atoms with Gasteiger partial charge < -0.3 is 9.52 Å². The number of carboxylic acids is 1. The number of carbonyl (C=O) groups is 1. The zero-order chi connectivity index (χ0) is 9.84. The highest BCUT2D eigenvalue weighted by Gasteiger charge is 2.06. The van der Waals surface area contributed by atoms with Crippen molar-refractivity contribution in [2.75, 3.05) is 0 Å². The van der Waals surface area contributed by atoms with Crippen LogP contribution >= 0.6 is 0 Å². The molecule has 13 heavy (non-hydrogen) atoms. The molecule has 0 unspecified atom stereocenters. The maximum Gasteiger partial charge on any atom is 0.346 e. The number of nitriles is 1. The van der Waals surface area contributed by atoms with Crippen LogP contribution in [0, 0.1) is 18.3 Å². The van der Waals surface area contributed by atoms with E-state index < -0.39 is 5.97 Å². The van der Waals surface area contributed by atoms with Crippen LogP contribution in [0.4, 0.5) is 0 Å². The quantitative estimate of drug-likeness (QED) is 0.549. The first-order valence-electron chi connectivity index (χ1n) is 3.55. The van der Waals surface area contributed by atoms with Crippen molar-refractivity contribution in [2.24, 2.45) is 0 Å². The Hall–Kier alpha value is -2.02. The molecule has 0 aliphatic rings. The van der Waals surface area contributed by atoms with Gasteiger partial charge in [-0.25, -0.2) is 4.79 Å². The van der Waals surface area contributed by atoms with Crippen LogP contribution in [0.5, 0.6) is 0 Å². The molecule has 66 valence electrons. The molecule has 1 aromatic heterocycles. The van der Waals surface area contributed by atoms with E-state index in [1.807, 2.05) is 0 Å². The summed E-state index contributed by atoms with van der Waals surface area (Å²) in [4.78, 5) is 10.4. The zero-order valence-electron chi connectivity index (χ0n) is 6.94. The fourth-order valence-corrected chi connectivity index (χ4v) is 0.815. The Morgan fingerprint density at radius 3 is 2.77 bits per heavy atom. The van der Waals surface area contributed by atoms with Crippen LogP contribution in [0.1, 0.15) is 11.5 Å². The Balaban J connectivity index is 3.00. The van der Waals surface area contributed by atoms with E-state index in [4.69, 9.17) is 14.8 Å². The number of aryl methyl sites for hydroxylation is 1. The molecule has 4 heteroatoms. The lowest BCUT2D eigenvalue weighted by atomic mass is 10.2. The molecule has 0 amide bonds. The average molecular weight is 177 g/mol. The van der Waals surface area contributed by atoms with E-state index in [2.05, 4.69) is 0 Å². The molecule has 0 saturated heterocycles. The maximum absolute atomic E-state index is 10.4. The number of furan rings is 1. The van der Waals surface area contributed by atoms with Gasteiger partial charge in [-0.3, -0.25) is 0 Å². The van der Waals surface area contributed by atoms with Gasteiger partial charge in [0.2, 0.25) is 0 Å². The Morgan fingerprint density at radius 2 is 2.38 bits per heavy atom. The lowest BCUT2D eigenvalue weighted by molar-refractivity contribution is -0.132. The molecule has 0 aromatic carbocycles. The van der Waals surface area contributed by atoms with Crippen LogP contribution in [-0.2, 0) is 4.79 Å². The van der Waals surface area contributed by atoms with Crippen LogP contribution in [0.3, 0.4) is 0 Å². The molecule has 1 N–H and O–H groups in total. The molecule has 0 fully saturated rings. The summed E-state index contributed by atoms with van der Waals surface area (Å²) in [6.07, 6.45) is 1.19. The van der Waals surface area contributed by atoms with Gasteiger partial charge >= 0.3 is 5.97 Å². The summed E-state index contributed by atoms with van der Waals surface area (Å²) in [5, 5.41) is 16.9. The van der Waals surface area contributed by atoms with Crippen LogP contribution in [0.25, 0.3) is 6.08 Å². The first-order chi connectivity index (χ1) is 6.13. The normalized spacial score (nSPS) is 10.9. The van der Waals surface area contributed by atoms with Crippen LogP contribution < -0.4 is 0 Å². The van der Waals surface area contributed by atoms with Crippen molar-refractivity contribution in [2.45, 2.75) is 6.92 Å². The van der Waals surface area contributed by atoms with Gasteiger partial charge in [0.05, 0.1) is 0 Å². The molecule has 0 saturated carbocycles. The summed E-state index contributed by atoms with van der Waals surface area (Å²) < 4.78 is 5.08. The zero-order valence-corrected chi connectivity index (χ0v) is 6.94. The van der Waals surface area contributed by atoms with E-state index in [1.165, 1.54) is 6.08 Å². The van der Waals surface area contributed by atoms with E-state index in [0.717, 1.165) is 0 Å². The second kappa shape index (κ2) is 3.59. The Bertz CT molecular complexity index is 395. The van der Waals surface area contributed by atoms with Crippen LogP contribution in [0.2, 0.25) is 0 Å². The van der Waals surface area contributed by atoms with Crippen LogP contribution in [0.15, 0.2) is 22.1 Å². The fourth-order valence-electron chi connectivity index (χ4n) is 0.815. The van der Waals surface area contributed by atoms with E-state index in [1.54, 1.807) is 25.1 Å². The second-order valence-corrected chi connectivity index (χ2v) is 2.42. The van der Waals surface area contributed by atoms with Crippen molar-refractivity contribution in [1.82, 2.24) is 0 Å². The van der Waals surface area contributed by atoms with Gasteiger partial charge in [0.15, 0.2) is 0 Å². The first-order valence-corrected chi connectivity index (χ1v) is 3.55. The summed E-state index contributed by atoms with van der Waals surface area (Å²) in [6.45, 7) is 1.74. The minimum Gasteiger partial charge on any atom is -0.477 e. The minimum atomic E-state index is -1.25. The molecule has 0 atom stereocenters. The van der Waals surface area contributed by atoms with Crippen molar-refractivity contribution < 1.29 is 14.3 Å². The third-order valence-electron chi connectivity index (χ3n) is 1.40. The topological polar surface area (TPSA) is 74.2 Å². The third-order valence-corrected chi connectivity index (χ3v) is 1.40. The van der Waals surface area contributed by atoms with E-state index in [9.17, 15) is 4.79 Å². The maximum atomic E-state index is 10.4. The van der Waals surface area contributed by atoms with E-state index in [-0.39, 0.29) is 5.57 Å². The van der Waals surface area contributed by atoms with Crippen molar-refractivity contribution in [3.8, 4) is 6.07 Å². The number of aliphatic carboxylic acids is 1. The van der Waals surface area contributed by atoms with Crippen molar-refractivity contribution in [3.63, 3.8) is 0 Å². The summed E-state index contributed by atoms with van der Waals surface area (Å²) in [5.74, 6) is -0.207. The Labute approximate surface area is 74.7 Å². The molecule has 4 nitrogen and oxygen atoms in total. The van der Waals surface area contributed by atoms with E-state index >= 15 is 0 Å². The molecular formula is C9H7NO3. The molecule has 0 aliphatic heterocycles. The number of hydrogen-bond acceptors (Lipinski definition) is 3. The molecule has 1 aromatic rings. The predicted molar refractivity (Wildman–Crippen MR) is 44.7 cm³/mol. The summed E-state index contributed by atoms with van der Waals surface area (Å²) in [7, 11) is 0. The largest absolute Gasteiger partial charge is 0.477 e. The summed E-state index contributed by atoms with van der Waals surface area (Å²) in [6, 6.07) is 4.86. The molecule has 0 radical (unpaired) electrons. The monoisotopic (exact) mass is 177 g/mol. The van der Waals surface area contributed by atoms with Gasteiger partial charge in [-0.2, -0.15) is 5.26 Å². The number of rotatable bonds is 2. The van der Waals surface area contributed by atoms with Gasteiger partial charge in [-0.15, -0.1) is 0 Å². The molecule has 1 rings (SSSR count). The first kappa shape index (κ1) is 9.07. The molecule has 0 spiro atoms. The standard InChI is InChI=1S/C9H7NO3/c1-6-2-3-8(13-6)4-7(5-10)9(11)12/h2-4H,1H3,(H,11,12)/b7-4+. The average Bonchev–Trinajstić information content (AvgIpc) is 2.46. The van der Waals surface area contributed by atoms with Gasteiger partial charge in [0, 0.05) is 6.08 Å². The van der Waals surface area contributed by atoms with Gasteiger partial charge in [0.1, 0.15) is 23.2 Å². The van der Waals surface area contributed by atoms with Crippen molar-refractivity contribution in [1.29, 1.82) is 5.26 Å². The van der Waals surface area contributed by atoms with E-state index in [0.29, 0.717) is 11.5 Å². The smallest absolute Gasteiger partial charge is 0.346 e. The van der Waals surface area contributed by atoms with Crippen LogP contribution in [-0.4, -0.2) is 11.1 Å². The lowest BCUT2D eigenvalue weighted by Gasteiger charge is -1.87. The third kappa shape index (κ3) is 2.20. The molecular weight excluding hydrogens is 170 g/mol. The highest BCUT2D eigenvalue weighted by atomic mass is 16.4.